The van der Waals surface area contributed by atoms with Crippen LogP contribution in [0.15, 0.2) is 66.7 Å². The molecule has 0 heterocycles. The molecule has 0 spiro atoms. The molecule has 7 heteroatoms. The third-order valence-electron chi connectivity index (χ3n) is 4.53. The summed E-state index contributed by atoms with van der Waals surface area (Å²) in [5, 5.41) is 20.2. The maximum atomic E-state index is 12.6. The molecule has 3 rings (SSSR count). The maximum Gasteiger partial charge on any atom is 0.228 e. The van der Waals surface area contributed by atoms with Crippen molar-refractivity contribution in [1.29, 1.82) is 5.41 Å². The summed E-state index contributed by atoms with van der Waals surface area (Å²) in [4.78, 5) is 25.0. The number of nitrogens with two attached hydrogens (primary N) is 1. The first-order valence-electron chi connectivity index (χ1n) is 9.01. The number of aryl methyl sites for hydroxylation is 1. The molecular weight excluding hydrogens is 402 g/mol. The number of aromatic hydroxyl groups is 1. The van der Waals surface area contributed by atoms with Gasteiger partial charge < -0.3 is 16.2 Å². The molecule has 6 nitrogen and oxygen atoms in total. The van der Waals surface area contributed by atoms with Crippen molar-refractivity contribution in [2.45, 2.75) is 13.3 Å². The van der Waals surface area contributed by atoms with E-state index in [2.05, 4.69) is 5.32 Å². The van der Waals surface area contributed by atoms with Crippen molar-refractivity contribution in [2.75, 3.05) is 5.32 Å². The summed E-state index contributed by atoms with van der Waals surface area (Å²) < 4.78 is 0. The minimum atomic E-state index is -0.331. The molecule has 0 atom stereocenters. The van der Waals surface area contributed by atoms with Crippen LogP contribution in [0.5, 0.6) is 5.75 Å². The van der Waals surface area contributed by atoms with E-state index in [4.69, 9.17) is 11.1 Å². The highest BCUT2D eigenvalue weighted by atomic mass is 35.5. The molecule has 0 bridgehead atoms. The van der Waals surface area contributed by atoms with Crippen LogP contribution in [-0.2, 0) is 11.2 Å². The third-order valence-corrected chi connectivity index (χ3v) is 4.53. The van der Waals surface area contributed by atoms with Crippen molar-refractivity contribution in [3.63, 3.8) is 0 Å². The zero-order valence-corrected chi connectivity index (χ0v) is 17.1. The minimum Gasteiger partial charge on any atom is -0.508 e. The normalized spacial score (nSPS) is 10.0. The molecule has 30 heavy (non-hydrogen) atoms. The van der Waals surface area contributed by atoms with Gasteiger partial charge in [0.25, 0.3) is 0 Å². The minimum absolute atomic E-state index is 0. The lowest BCUT2D eigenvalue weighted by atomic mass is 9.98. The largest absolute Gasteiger partial charge is 0.508 e. The number of halogens is 1. The van der Waals surface area contributed by atoms with Gasteiger partial charge in [-0.3, -0.25) is 15.0 Å². The topological polar surface area (TPSA) is 116 Å². The average Bonchev–Trinajstić information content (AvgIpc) is 2.69. The number of phenolic OH excluding ortho intramolecular Hbond substituents is 1. The van der Waals surface area contributed by atoms with Gasteiger partial charge in [0, 0.05) is 27.9 Å². The summed E-state index contributed by atoms with van der Waals surface area (Å²) in [5.74, 6) is -0.583. The molecule has 0 aliphatic carbocycles. The van der Waals surface area contributed by atoms with E-state index in [1.54, 1.807) is 30.3 Å². The summed E-state index contributed by atoms with van der Waals surface area (Å²) in [6.45, 7) is 1.81. The van der Waals surface area contributed by atoms with Gasteiger partial charge >= 0.3 is 0 Å². The Morgan fingerprint density at radius 3 is 2.33 bits per heavy atom. The number of ketones is 1. The Hall–Kier alpha value is -3.64. The van der Waals surface area contributed by atoms with Crippen LogP contribution < -0.4 is 11.1 Å². The van der Waals surface area contributed by atoms with Crippen LogP contribution in [-0.4, -0.2) is 22.6 Å². The number of carbonyl (C=O) groups is 2. The summed E-state index contributed by atoms with van der Waals surface area (Å²) in [6, 6.07) is 18.6. The first kappa shape index (κ1) is 22.6. The van der Waals surface area contributed by atoms with Crippen LogP contribution in [0.2, 0.25) is 0 Å². The van der Waals surface area contributed by atoms with Crippen molar-refractivity contribution >= 4 is 35.6 Å². The predicted octanol–water partition coefficient (Wildman–Crippen LogP) is 3.82. The molecule has 0 aromatic heterocycles. The standard InChI is InChI=1S/C23H21N3O3.ClH/c1-14-11-18(8-9-19(14)22(29)15-5-3-2-4-6-15)26-21(28)13-17-12-16(23(24)25)7-10-20(17)27;/h2-12,27H,13H2,1H3,(H3,24,25)(H,26,28);1H. The number of nitrogens with one attached hydrogen (secondary N) is 2. The molecule has 0 aliphatic rings. The Labute approximate surface area is 180 Å². The summed E-state index contributed by atoms with van der Waals surface area (Å²) in [6.07, 6.45) is -0.0727. The van der Waals surface area contributed by atoms with E-state index in [1.165, 1.54) is 18.2 Å². The van der Waals surface area contributed by atoms with E-state index < -0.39 is 0 Å². The number of rotatable bonds is 6. The fourth-order valence-electron chi connectivity index (χ4n) is 3.01. The molecule has 3 aromatic rings. The maximum absolute atomic E-state index is 12.6. The number of amides is 1. The van der Waals surface area contributed by atoms with Gasteiger partial charge in [-0.25, -0.2) is 0 Å². The summed E-state index contributed by atoms with van der Waals surface area (Å²) in [5.41, 5.74) is 8.75. The molecule has 0 saturated carbocycles. The number of amidine groups is 1. The van der Waals surface area contributed by atoms with Crippen LogP contribution in [0.1, 0.15) is 32.6 Å². The van der Waals surface area contributed by atoms with Gasteiger partial charge in [0.05, 0.1) is 6.42 Å². The van der Waals surface area contributed by atoms with Crippen molar-refractivity contribution < 1.29 is 14.7 Å². The Kier molecular flexibility index (Phi) is 7.33. The van der Waals surface area contributed by atoms with Crippen molar-refractivity contribution in [2.24, 2.45) is 5.73 Å². The second kappa shape index (κ2) is 9.71. The number of carbonyl (C=O) groups excluding carboxylic acids is 2. The Balaban J connectivity index is 0.00000320. The predicted molar refractivity (Wildman–Crippen MR) is 120 cm³/mol. The van der Waals surface area contributed by atoms with Crippen LogP contribution in [0.4, 0.5) is 5.69 Å². The van der Waals surface area contributed by atoms with Crippen molar-refractivity contribution in [3.05, 3.63) is 94.5 Å². The molecule has 3 aromatic carbocycles. The Morgan fingerprint density at radius 2 is 1.70 bits per heavy atom. The van der Waals surface area contributed by atoms with E-state index in [9.17, 15) is 14.7 Å². The number of nitrogen functional groups attached to an aromatic ring is 1. The number of anilines is 1. The number of hydrogen-bond acceptors (Lipinski definition) is 4. The van der Waals surface area contributed by atoms with Gasteiger partial charge in [-0.2, -0.15) is 0 Å². The van der Waals surface area contributed by atoms with E-state index >= 15 is 0 Å². The smallest absolute Gasteiger partial charge is 0.228 e. The lowest BCUT2D eigenvalue weighted by Crippen LogP contribution is -2.16. The van der Waals surface area contributed by atoms with Gasteiger partial charge in [-0.05, 0) is 48.9 Å². The SMILES string of the molecule is Cc1cc(NC(=O)Cc2cc(C(=N)N)ccc2O)ccc1C(=O)c1ccccc1.Cl. The van der Waals surface area contributed by atoms with Crippen LogP contribution in [0.3, 0.4) is 0 Å². The van der Waals surface area contributed by atoms with Crippen LogP contribution in [0.25, 0.3) is 0 Å². The van der Waals surface area contributed by atoms with Gasteiger partial charge in [0.15, 0.2) is 5.78 Å². The fraction of sp³-hybridized carbons (Fsp3) is 0.0870. The second-order valence-corrected chi connectivity index (χ2v) is 6.71. The highest BCUT2D eigenvalue weighted by molar-refractivity contribution is 6.10. The third kappa shape index (κ3) is 5.24. The zero-order valence-electron chi connectivity index (χ0n) is 16.3. The van der Waals surface area contributed by atoms with E-state index in [0.717, 1.165) is 5.56 Å². The molecule has 1 amide bonds. The molecule has 0 saturated heterocycles. The molecule has 5 N–H and O–H groups in total. The molecule has 0 fully saturated rings. The first-order chi connectivity index (χ1) is 13.8. The fourth-order valence-corrected chi connectivity index (χ4v) is 3.01. The van der Waals surface area contributed by atoms with Crippen LogP contribution in [0, 0.1) is 12.3 Å². The van der Waals surface area contributed by atoms with E-state index in [1.807, 2.05) is 25.1 Å². The van der Waals surface area contributed by atoms with Gasteiger partial charge in [-0.15, -0.1) is 12.4 Å². The van der Waals surface area contributed by atoms with Crippen LogP contribution >= 0.6 is 12.4 Å². The molecule has 0 aliphatic heterocycles. The second-order valence-electron chi connectivity index (χ2n) is 6.71. The highest BCUT2D eigenvalue weighted by Crippen LogP contribution is 2.21. The zero-order chi connectivity index (χ0) is 21.0. The summed E-state index contributed by atoms with van der Waals surface area (Å²) in [7, 11) is 0. The Bertz CT molecular complexity index is 1100. The van der Waals surface area contributed by atoms with Crippen molar-refractivity contribution in [1.82, 2.24) is 0 Å². The molecule has 154 valence electrons. The Morgan fingerprint density at radius 1 is 1.00 bits per heavy atom. The first-order valence-corrected chi connectivity index (χ1v) is 9.01. The number of phenols is 1. The number of benzene rings is 3. The van der Waals surface area contributed by atoms with E-state index in [0.29, 0.717) is 27.9 Å². The lowest BCUT2D eigenvalue weighted by Gasteiger charge is -2.11. The van der Waals surface area contributed by atoms with Gasteiger partial charge in [-0.1, -0.05) is 30.3 Å². The molecule has 0 unspecified atom stereocenters. The molecule has 0 radical (unpaired) electrons. The van der Waals surface area contributed by atoms with E-state index in [-0.39, 0.29) is 42.1 Å². The highest BCUT2D eigenvalue weighted by Gasteiger charge is 2.14. The quantitative estimate of drug-likeness (QED) is 0.274. The monoisotopic (exact) mass is 423 g/mol. The van der Waals surface area contributed by atoms with Crippen molar-refractivity contribution in [3.8, 4) is 5.75 Å². The summed E-state index contributed by atoms with van der Waals surface area (Å²) >= 11 is 0. The molecular formula is C23H22ClN3O3. The van der Waals surface area contributed by atoms with Gasteiger partial charge in [0.1, 0.15) is 11.6 Å². The average molecular weight is 424 g/mol. The number of hydrogen-bond donors (Lipinski definition) is 4. The van der Waals surface area contributed by atoms with Gasteiger partial charge in [0.2, 0.25) is 5.91 Å². The lowest BCUT2D eigenvalue weighted by molar-refractivity contribution is -0.115.